The Hall–Kier alpha value is -6.42. The minimum Gasteiger partial charge on any atom is -0.454 e. The average molecular weight is 668 g/mol. The second-order valence-electron chi connectivity index (χ2n) is 13.2. The number of anilines is 3. The maximum Gasteiger partial charge on any atom is 0.159 e. The maximum atomic E-state index is 6.85. The van der Waals surface area contributed by atoms with E-state index in [1.165, 1.54) is 63.6 Å². The highest BCUT2D eigenvalue weighted by atomic mass is 32.1. The molecule has 51 heavy (non-hydrogen) atoms. The monoisotopic (exact) mass is 667 g/mol. The minimum absolute atomic E-state index is 0.880. The van der Waals surface area contributed by atoms with Gasteiger partial charge >= 0.3 is 0 Å². The van der Waals surface area contributed by atoms with Crippen molar-refractivity contribution in [2.24, 2.45) is 0 Å². The van der Waals surface area contributed by atoms with Crippen molar-refractivity contribution in [2.75, 3.05) is 4.90 Å². The average Bonchev–Trinajstić information content (AvgIpc) is 3.78. The lowest BCUT2D eigenvalue weighted by Crippen LogP contribution is -2.10. The van der Waals surface area contributed by atoms with Gasteiger partial charge < -0.3 is 9.32 Å². The Balaban J connectivity index is 1.18. The Labute approximate surface area is 298 Å². The molecule has 2 nitrogen and oxygen atoms in total. The number of rotatable bonds is 4. The zero-order valence-corrected chi connectivity index (χ0v) is 28.3. The van der Waals surface area contributed by atoms with Crippen molar-refractivity contribution in [3.63, 3.8) is 0 Å². The van der Waals surface area contributed by atoms with Crippen LogP contribution in [-0.4, -0.2) is 0 Å². The van der Waals surface area contributed by atoms with Gasteiger partial charge in [0.1, 0.15) is 5.58 Å². The maximum absolute atomic E-state index is 6.85. The number of hydrogen-bond acceptors (Lipinski definition) is 3. The third-order valence-electron chi connectivity index (χ3n) is 10.4. The van der Waals surface area contributed by atoms with Crippen LogP contribution in [0, 0.1) is 0 Å². The van der Waals surface area contributed by atoms with Gasteiger partial charge in [-0.1, -0.05) is 146 Å². The van der Waals surface area contributed by atoms with Gasteiger partial charge in [0.2, 0.25) is 0 Å². The molecule has 0 aliphatic carbocycles. The van der Waals surface area contributed by atoms with Crippen molar-refractivity contribution in [2.45, 2.75) is 0 Å². The molecule has 2 heterocycles. The Morgan fingerprint density at radius 3 is 1.80 bits per heavy atom. The summed E-state index contributed by atoms with van der Waals surface area (Å²) in [7, 11) is 0. The summed E-state index contributed by atoms with van der Waals surface area (Å²) in [6, 6.07) is 63.6. The van der Waals surface area contributed by atoms with Crippen LogP contribution in [0.3, 0.4) is 0 Å². The van der Waals surface area contributed by atoms with Gasteiger partial charge in [0.25, 0.3) is 0 Å². The van der Waals surface area contributed by atoms with Gasteiger partial charge in [0, 0.05) is 31.9 Å². The Kier molecular flexibility index (Phi) is 6.16. The zero-order chi connectivity index (χ0) is 33.5. The molecule has 0 N–H and O–H groups in total. The molecule has 11 aromatic rings. The van der Waals surface area contributed by atoms with Crippen LogP contribution in [-0.2, 0) is 0 Å². The molecule has 0 atom stereocenters. The summed E-state index contributed by atoms with van der Waals surface area (Å²) in [5.74, 6) is 0. The normalized spacial score (nSPS) is 11.9. The van der Waals surface area contributed by atoms with E-state index in [0.29, 0.717) is 0 Å². The van der Waals surface area contributed by atoms with Crippen LogP contribution >= 0.6 is 11.3 Å². The molecule has 0 fully saturated rings. The van der Waals surface area contributed by atoms with Crippen molar-refractivity contribution >= 4 is 103 Å². The van der Waals surface area contributed by atoms with Crippen LogP contribution in [0.25, 0.3) is 85.6 Å². The smallest absolute Gasteiger partial charge is 0.159 e. The summed E-state index contributed by atoms with van der Waals surface area (Å²) in [4.78, 5) is 2.40. The Bertz CT molecular complexity index is 3130. The summed E-state index contributed by atoms with van der Waals surface area (Å²) in [5, 5.41) is 12.3. The van der Waals surface area contributed by atoms with Crippen LogP contribution in [0.2, 0.25) is 0 Å². The molecule has 3 heteroatoms. The largest absolute Gasteiger partial charge is 0.454 e. The fourth-order valence-electron chi connectivity index (χ4n) is 8.09. The number of para-hydroxylation sites is 1. The zero-order valence-electron chi connectivity index (χ0n) is 27.5. The Morgan fingerprint density at radius 1 is 0.392 bits per heavy atom. The first-order chi connectivity index (χ1) is 25.3. The predicted molar refractivity (Wildman–Crippen MR) is 219 cm³/mol. The summed E-state index contributed by atoms with van der Waals surface area (Å²) < 4.78 is 9.41. The molecule has 11 rings (SSSR count). The highest BCUT2D eigenvalue weighted by Crippen LogP contribution is 2.49. The molecular weight excluding hydrogens is 639 g/mol. The molecule has 238 valence electrons. The van der Waals surface area contributed by atoms with Crippen molar-refractivity contribution < 1.29 is 4.42 Å². The van der Waals surface area contributed by atoms with Gasteiger partial charge in [0.05, 0.1) is 16.1 Å². The second-order valence-corrected chi connectivity index (χ2v) is 14.3. The molecular formula is C48H29NOS. The van der Waals surface area contributed by atoms with E-state index in [1.807, 2.05) is 11.3 Å². The number of furan rings is 1. The van der Waals surface area contributed by atoms with Crippen LogP contribution in [0.15, 0.2) is 180 Å². The first-order valence-electron chi connectivity index (χ1n) is 17.3. The molecule has 0 unspecified atom stereocenters. The van der Waals surface area contributed by atoms with E-state index in [2.05, 4.69) is 181 Å². The molecule has 0 spiro atoms. The van der Waals surface area contributed by atoms with E-state index in [4.69, 9.17) is 4.42 Å². The Morgan fingerprint density at radius 2 is 0.980 bits per heavy atom. The molecule has 0 amide bonds. The van der Waals surface area contributed by atoms with Gasteiger partial charge in [0.15, 0.2) is 5.58 Å². The van der Waals surface area contributed by atoms with Crippen molar-refractivity contribution in [3.8, 4) is 11.1 Å². The molecule has 0 saturated carbocycles. The fraction of sp³-hybridized carbons (Fsp3) is 0. The third-order valence-corrected chi connectivity index (χ3v) is 11.7. The van der Waals surface area contributed by atoms with Gasteiger partial charge in [-0.2, -0.15) is 0 Å². The van der Waals surface area contributed by atoms with E-state index in [0.717, 1.165) is 39.0 Å². The molecule has 9 aromatic carbocycles. The number of thiophene rings is 1. The molecule has 2 aromatic heterocycles. The summed E-state index contributed by atoms with van der Waals surface area (Å²) in [5.41, 5.74) is 7.42. The fourth-order valence-corrected chi connectivity index (χ4v) is 9.43. The lowest BCUT2D eigenvalue weighted by molar-refractivity contribution is 0.669. The van der Waals surface area contributed by atoms with E-state index >= 15 is 0 Å². The first kappa shape index (κ1) is 28.4. The van der Waals surface area contributed by atoms with Gasteiger partial charge in [-0.25, -0.2) is 0 Å². The van der Waals surface area contributed by atoms with Crippen molar-refractivity contribution in [1.82, 2.24) is 0 Å². The number of fused-ring (bicyclic) bond motifs is 11. The highest BCUT2D eigenvalue weighted by Gasteiger charge is 2.23. The van der Waals surface area contributed by atoms with Crippen LogP contribution in [0.5, 0.6) is 0 Å². The summed E-state index contributed by atoms with van der Waals surface area (Å²) in [6.07, 6.45) is 0. The number of hydrogen-bond donors (Lipinski definition) is 0. The SMILES string of the molecule is c1ccc2c(-c3ccc(N(c4cccc5c4oc4ccc6ccccc6c45)c4cccc5c4sc4c6ccccc6ccc54)cc3)cccc2c1. The van der Waals surface area contributed by atoms with Gasteiger partial charge in [-0.15, -0.1) is 11.3 Å². The second kappa shape index (κ2) is 11.0. The highest BCUT2D eigenvalue weighted by molar-refractivity contribution is 7.27. The van der Waals surface area contributed by atoms with Gasteiger partial charge in [-0.3, -0.25) is 0 Å². The van der Waals surface area contributed by atoms with E-state index in [-0.39, 0.29) is 0 Å². The minimum atomic E-state index is 0.880. The molecule has 0 aliphatic heterocycles. The van der Waals surface area contributed by atoms with E-state index in [9.17, 15) is 0 Å². The van der Waals surface area contributed by atoms with E-state index in [1.54, 1.807) is 0 Å². The molecule has 0 saturated heterocycles. The number of nitrogens with zero attached hydrogens (tertiary/aromatic N) is 1. The molecule has 0 radical (unpaired) electrons. The van der Waals surface area contributed by atoms with Crippen LogP contribution in [0.4, 0.5) is 17.1 Å². The van der Waals surface area contributed by atoms with Crippen LogP contribution in [0.1, 0.15) is 0 Å². The lowest BCUT2D eigenvalue weighted by Gasteiger charge is -2.26. The quantitative estimate of drug-likeness (QED) is 0.186. The summed E-state index contributed by atoms with van der Waals surface area (Å²) >= 11 is 1.88. The predicted octanol–water partition coefficient (Wildman–Crippen LogP) is 14.6. The lowest BCUT2D eigenvalue weighted by atomic mass is 9.98. The van der Waals surface area contributed by atoms with E-state index < -0.39 is 0 Å². The molecule has 0 bridgehead atoms. The molecule has 0 aliphatic rings. The number of benzene rings is 9. The topological polar surface area (TPSA) is 16.4 Å². The van der Waals surface area contributed by atoms with Crippen molar-refractivity contribution in [3.05, 3.63) is 176 Å². The standard InChI is InChI=1S/C48H29NOS/c1-4-14-35-30(10-1)13-7-17-36(35)33-22-26-34(27-23-33)49(42-20-9-19-41-45-37-15-5-2-11-31(37)25-29-44(45)50-46(41)42)43-21-8-18-39-40-28-24-32-12-3-6-16-38(32)47(40)51-48(39)43/h1-29H. The van der Waals surface area contributed by atoms with Crippen LogP contribution < -0.4 is 4.90 Å². The first-order valence-corrected chi connectivity index (χ1v) is 18.2. The van der Waals surface area contributed by atoms with Gasteiger partial charge in [-0.05, 0) is 73.8 Å². The summed E-state index contributed by atoms with van der Waals surface area (Å²) in [6.45, 7) is 0. The third kappa shape index (κ3) is 4.29. The van der Waals surface area contributed by atoms with Crippen molar-refractivity contribution in [1.29, 1.82) is 0 Å².